The third kappa shape index (κ3) is 2.26. The number of fused-ring (bicyclic) bond motifs is 1. The van der Waals surface area contributed by atoms with Crippen LogP contribution in [0, 0.1) is 5.92 Å². The smallest absolute Gasteiger partial charge is 0.177 e. The molecule has 5 nitrogen and oxygen atoms in total. The molecular weight excluding hydrogens is 262 g/mol. The van der Waals surface area contributed by atoms with Gasteiger partial charge in [0.2, 0.25) is 0 Å². The number of imidazole rings is 1. The number of para-hydroxylation sites is 1. The van der Waals surface area contributed by atoms with E-state index in [4.69, 9.17) is 5.73 Å². The predicted molar refractivity (Wildman–Crippen MR) is 73.5 cm³/mol. The van der Waals surface area contributed by atoms with Crippen LogP contribution < -0.4 is 5.73 Å². The van der Waals surface area contributed by atoms with Crippen molar-refractivity contribution in [1.29, 1.82) is 0 Å². The second kappa shape index (κ2) is 4.31. The van der Waals surface area contributed by atoms with Crippen molar-refractivity contribution < 1.29 is 8.42 Å². The molecule has 3 rings (SSSR count). The van der Waals surface area contributed by atoms with Gasteiger partial charge in [-0.05, 0) is 30.9 Å². The molecular formula is C13H17N3O2S. The summed E-state index contributed by atoms with van der Waals surface area (Å²) in [5, 5.41) is 0. The largest absolute Gasteiger partial charge is 0.326 e. The summed E-state index contributed by atoms with van der Waals surface area (Å²) in [7, 11) is -3.26. The summed E-state index contributed by atoms with van der Waals surface area (Å²) in [5.74, 6) is 1.40. The summed E-state index contributed by atoms with van der Waals surface area (Å²) in [4.78, 5) is 4.80. The van der Waals surface area contributed by atoms with Crippen LogP contribution in [0.1, 0.15) is 18.7 Å². The molecule has 0 unspecified atom stereocenters. The molecule has 0 bridgehead atoms. The minimum atomic E-state index is -3.26. The highest BCUT2D eigenvalue weighted by atomic mass is 32.2. The van der Waals surface area contributed by atoms with Crippen LogP contribution in [0.15, 0.2) is 23.1 Å². The predicted octanol–water partition coefficient (Wildman–Crippen LogP) is 1.31. The molecule has 0 aliphatic heterocycles. The van der Waals surface area contributed by atoms with Crippen LogP contribution >= 0.6 is 0 Å². The molecule has 19 heavy (non-hydrogen) atoms. The Bertz CT molecular complexity index is 730. The Balaban J connectivity index is 2.29. The number of nitrogens with zero attached hydrogens (tertiary/aromatic N) is 2. The van der Waals surface area contributed by atoms with Crippen molar-refractivity contribution in [2.45, 2.75) is 30.8 Å². The molecule has 1 fully saturated rings. The monoisotopic (exact) mass is 279 g/mol. The Labute approximate surface area is 112 Å². The fourth-order valence-electron chi connectivity index (χ4n) is 2.41. The number of sulfone groups is 1. The van der Waals surface area contributed by atoms with Crippen LogP contribution in [-0.2, 0) is 22.9 Å². The lowest BCUT2D eigenvalue weighted by Crippen LogP contribution is -2.11. The Hall–Kier alpha value is -1.40. The number of benzene rings is 1. The minimum Gasteiger partial charge on any atom is -0.326 e. The zero-order chi connectivity index (χ0) is 13.6. The third-order valence-corrected chi connectivity index (χ3v) is 4.66. The zero-order valence-electron chi connectivity index (χ0n) is 10.8. The van der Waals surface area contributed by atoms with Crippen LogP contribution in [0.2, 0.25) is 0 Å². The highest BCUT2D eigenvalue weighted by Crippen LogP contribution is 2.33. The average molecular weight is 279 g/mol. The fourth-order valence-corrected chi connectivity index (χ4v) is 3.30. The molecule has 1 aromatic heterocycles. The van der Waals surface area contributed by atoms with Crippen LogP contribution in [0.4, 0.5) is 0 Å². The fraction of sp³-hybridized carbons (Fsp3) is 0.462. The first-order chi connectivity index (χ1) is 9.00. The van der Waals surface area contributed by atoms with Crippen molar-refractivity contribution in [3.63, 3.8) is 0 Å². The maximum Gasteiger partial charge on any atom is 0.177 e. The summed E-state index contributed by atoms with van der Waals surface area (Å²) < 4.78 is 25.8. The highest BCUT2D eigenvalue weighted by Gasteiger charge is 2.26. The summed E-state index contributed by atoms with van der Waals surface area (Å²) in [6, 6.07) is 5.21. The SMILES string of the molecule is CS(=O)(=O)c1cccc2nc(CN)n(CC3CC3)c12. The van der Waals surface area contributed by atoms with Gasteiger partial charge in [0, 0.05) is 12.8 Å². The Morgan fingerprint density at radius 1 is 1.42 bits per heavy atom. The molecule has 1 aliphatic carbocycles. The van der Waals surface area contributed by atoms with Crippen LogP contribution in [0.5, 0.6) is 0 Å². The normalized spacial score (nSPS) is 16.1. The van der Waals surface area contributed by atoms with Gasteiger partial charge in [-0.15, -0.1) is 0 Å². The van der Waals surface area contributed by atoms with Gasteiger partial charge in [0.1, 0.15) is 5.82 Å². The first-order valence-corrected chi connectivity index (χ1v) is 8.28. The summed E-state index contributed by atoms with van der Waals surface area (Å²) >= 11 is 0. The highest BCUT2D eigenvalue weighted by molar-refractivity contribution is 7.91. The third-order valence-electron chi connectivity index (χ3n) is 3.53. The molecule has 0 atom stereocenters. The van der Waals surface area contributed by atoms with E-state index in [0.29, 0.717) is 28.4 Å². The number of rotatable bonds is 4. The van der Waals surface area contributed by atoms with Gasteiger partial charge in [-0.3, -0.25) is 0 Å². The lowest BCUT2D eigenvalue weighted by atomic mass is 10.3. The molecule has 2 N–H and O–H groups in total. The maximum absolute atomic E-state index is 11.9. The van der Waals surface area contributed by atoms with E-state index >= 15 is 0 Å². The molecule has 2 aromatic rings. The molecule has 1 saturated carbocycles. The topological polar surface area (TPSA) is 78.0 Å². The average Bonchev–Trinajstić information content (AvgIpc) is 3.09. The summed E-state index contributed by atoms with van der Waals surface area (Å²) in [6.07, 6.45) is 3.63. The second-order valence-electron chi connectivity index (χ2n) is 5.18. The number of nitrogens with two attached hydrogens (primary N) is 1. The van der Waals surface area contributed by atoms with Crippen molar-refractivity contribution in [3.8, 4) is 0 Å². The van der Waals surface area contributed by atoms with E-state index in [1.54, 1.807) is 12.1 Å². The van der Waals surface area contributed by atoms with Gasteiger partial charge in [-0.25, -0.2) is 13.4 Å². The standard InChI is InChI=1S/C13H17N3O2S/c1-19(17,18)11-4-2-3-10-13(11)16(8-9-5-6-9)12(7-14)15-10/h2-4,9H,5-8,14H2,1H3. The van der Waals surface area contributed by atoms with Crippen molar-refractivity contribution in [1.82, 2.24) is 9.55 Å². The Morgan fingerprint density at radius 2 is 2.16 bits per heavy atom. The van der Waals surface area contributed by atoms with E-state index in [-0.39, 0.29) is 0 Å². The van der Waals surface area contributed by atoms with Crippen LogP contribution in [0.3, 0.4) is 0 Å². The van der Waals surface area contributed by atoms with E-state index in [9.17, 15) is 8.42 Å². The van der Waals surface area contributed by atoms with Gasteiger partial charge in [-0.1, -0.05) is 6.07 Å². The zero-order valence-corrected chi connectivity index (χ0v) is 11.7. The minimum absolute atomic E-state index is 0.324. The molecule has 0 amide bonds. The molecule has 0 radical (unpaired) electrons. The number of hydrogen-bond donors (Lipinski definition) is 1. The number of aromatic nitrogens is 2. The molecule has 0 saturated heterocycles. The first kappa shape index (κ1) is 12.6. The van der Waals surface area contributed by atoms with Crippen LogP contribution in [0.25, 0.3) is 11.0 Å². The lowest BCUT2D eigenvalue weighted by Gasteiger charge is -2.09. The molecule has 1 heterocycles. The van der Waals surface area contributed by atoms with Gasteiger partial charge in [-0.2, -0.15) is 0 Å². The van der Waals surface area contributed by atoms with Crippen molar-refractivity contribution >= 4 is 20.9 Å². The van der Waals surface area contributed by atoms with E-state index < -0.39 is 9.84 Å². The van der Waals surface area contributed by atoms with Gasteiger partial charge in [0.05, 0.1) is 22.5 Å². The number of hydrogen-bond acceptors (Lipinski definition) is 4. The quantitative estimate of drug-likeness (QED) is 0.915. The van der Waals surface area contributed by atoms with Crippen molar-refractivity contribution in [2.75, 3.05) is 6.26 Å². The first-order valence-electron chi connectivity index (χ1n) is 6.39. The van der Waals surface area contributed by atoms with Gasteiger partial charge >= 0.3 is 0 Å². The van der Waals surface area contributed by atoms with E-state index in [1.165, 1.54) is 19.1 Å². The van der Waals surface area contributed by atoms with Crippen molar-refractivity contribution in [2.24, 2.45) is 11.7 Å². The maximum atomic E-state index is 11.9. The van der Waals surface area contributed by atoms with E-state index in [2.05, 4.69) is 4.98 Å². The van der Waals surface area contributed by atoms with Crippen molar-refractivity contribution in [3.05, 3.63) is 24.0 Å². The van der Waals surface area contributed by atoms with Gasteiger partial charge in [0.25, 0.3) is 0 Å². The molecule has 1 aromatic carbocycles. The lowest BCUT2D eigenvalue weighted by molar-refractivity contribution is 0.595. The van der Waals surface area contributed by atoms with Crippen LogP contribution in [-0.4, -0.2) is 24.2 Å². The van der Waals surface area contributed by atoms with E-state index in [0.717, 1.165) is 12.4 Å². The van der Waals surface area contributed by atoms with E-state index in [1.807, 2.05) is 10.6 Å². The molecule has 0 spiro atoms. The molecule has 102 valence electrons. The Morgan fingerprint density at radius 3 is 2.74 bits per heavy atom. The van der Waals surface area contributed by atoms with Gasteiger partial charge in [0.15, 0.2) is 9.84 Å². The molecule has 1 aliphatic rings. The summed E-state index contributed by atoms with van der Waals surface area (Å²) in [6.45, 7) is 1.14. The Kier molecular flexibility index (Phi) is 2.87. The summed E-state index contributed by atoms with van der Waals surface area (Å²) in [5.41, 5.74) is 7.15. The van der Waals surface area contributed by atoms with Gasteiger partial charge < -0.3 is 10.3 Å². The molecule has 6 heteroatoms. The second-order valence-corrected chi connectivity index (χ2v) is 7.17.